The standard InChI is InChI=1S/C21H15ClF3NO/c1-14(15-6-11-20(22)26-12-15)19-5-3-2-4-16(19)13-27-18-9-7-17(8-10-18)21(23,24)25/h2-12H,1,13H2. The van der Waals surface area contributed by atoms with Crippen LogP contribution in [0.1, 0.15) is 22.3 Å². The zero-order valence-electron chi connectivity index (χ0n) is 14.1. The third-order valence-corrected chi connectivity index (χ3v) is 4.22. The molecule has 1 heterocycles. The summed E-state index contributed by atoms with van der Waals surface area (Å²) in [6, 6.07) is 15.7. The maximum atomic E-state index is 12.6. The normalized spacial score (nSPS) is 11.3. The van der Waals surface area contributed by atoms with Gasteiger partial charge >= 0.3 is 6.18 Å². The van der Waals surface area contributed by atoms with E-state index < -0.39 is 11.7 Å². The van der Waals surface area contributed by atoms with Gasteiger partial charge in [0, 0.05) is 11.8 Å². The van der Waals surface area contributed by atoms with E-state index in [9.17, 15) is 13.2 Å². The second-order valence-electron chi connectivity index (χ2n) is 5.82. The van der Waals surface area contributed by atoms with Crippen LogP contribution in [0.4, 0.5) is 13.2 Å². The highest BCUT2D eigenvalue weighted by molar-refractivity contribution is 6.29. The molecule has 2 nitrogen and oxygen atoms in total. The second-order valence-corrected chi connectivity index (χ2v) is 6.20. The first-order valence-electron chi connectivity index (χ1n) is 8.04. The van der Waals surface area contributed by atoms with Crippen LogP contribution in [-0.2, 0) is 12.8 Å². The van der Waals surface area contributed by atoms with Crippen molar-refractivity contribution in [1.82, 2.24) is 4.98 Å². The lowest BCUT2D eigenvalue weighted by Gasteiger charge is -2.14. The highest BCUT2D eigenvalue weighted by Crippen LogP contribution is 2.31. The van der Waals surface area contributed by atoms with Crippen molar-refractivity contribution in [3.63, 3.8) is 0 Å². The Hall–Kier alpha value is -2.79. The summed E-state index contributed by atoms with van der Waals surface area (Å²) in [5.41, 5.74) is 2.59. The molecule has 0 amide bonds. The van der Waals surface area contributed by atoms with Crippen LogP contribution in [0.25, 0.3) is 5.57 Å². The van der Waals surface area contributed by atoms with Crippen LogP contribution in [0.3, 0.4) is 0 Å². The molecular formula is C21H15ClF3NO. The van der Waals surface area contributed by atoms with E-state index in [4.69, 9.17) is 16.3 Å². The number of hydrogen-bond acceptors (Lipinski definition) is 2. The van der Waals surface area contributed by atoms with Gasteiger partial charge in [0.1, 0.15) is 17.5 Å². The number of nitrogens with zero attached hydrogens (tertiary/aromatic N) is 1. The lowest BCUT2D eigenvalue weighted by molar-refractivity contribution is -0.137. The fraction of sp³-hybridized carbons (Fsp3) is 0.0952. The molecule has 0 fully saturated rings. The molecule has 0 bridgehead atoms. The Balaban J connectivity index is 1.76. The Kier molecular flexibility index (Phi) is 5.51. The SMILES string of the molecule is C=C(c1ccc(Cl)nc1)c1ccccc1COc1ccc(C(F)(F)F)cc1. The van der Waals surface area contributed by atoms with Gasteiger partial charge < -0.3 is 4.74 Å². The molecule has 3 aromatic rings. The number of hydrogen-bond donors (Lipinski definition) is 0. The summed E-state index contributed by atoms with van der Waals surface area (Å²) in [4.78, 5) is 4.06. The van der Waals surface area contributed by atoms with Crippen LogP contribution in [0.15, 0.2) is 73.4 Å². The first-order chi connectivity index (χ1) is 12.8. The van der Waals surface area contributed by atoms with Gasteiger partial charge in [0.05, 0.1) is 5.56 Å². The van der Waals surface area contributed by atoms with E-state index in [0.717, 1.165) is 34.4 Å². The molecule has 0 aliphatic carbocycles. The van der Waals surface area contributed by atoms with Gasteiger partial charge in [-0.1, -0.05) is 42.4 Å². The van der Waals surface area contributed by atoms with Crippen LogP contribution < -0.4 is 4.74 Å². The molecule has 0 unspecified atom stereocenters. The van der Waals surface area contributed by atoms with Crippen LogP contribution in [0.2, 0.25) is 5.15 Å². The Labute approximate surface area is 159 Å². The van der Waals surface area contributed by atoms with E-state index in [1.54, 1.807) is 12.3 Å². The summed E-state index contributed by atoms with van der Waals surface area (Å²) in [5.74, 6) is 0.358. The molecule has 0 N–H and O–H groups in total. The highest BCUT2D eigenvalue weighted by atomic mass is 35.5. The fourth-order valence-corrected chi connectivity index (χ4v) is 2.66. The van der Waals surface area contributed by atoms with E-state index >= 15 is 0 Å². The molecule has 3 rings (SSSR count). The van der Waals surface area contributed by atoms with Crippen LogP contribution in [-0.4, -0.2) is 4.98 Å². The number of halogens is 4. The molecule has 138 valence electrons. The molecule has 1 aromatic heterocycles. The largest absolute Gasteiger partial charge is 0.489 e. The summed E-state index contributed by atoms with van der Waals surface area (Å²) in [7, 11) is 0. The van der Waals surface area contributed by atoms with Crippen molar-refractivity contribution in [2.45, 2.75) is 12.8 Å². The van der Waals surface area contributed by atoms with Gasteiger partial charge in [0.2, 0.25) is 0 Å². The minimum absolute atomic E-state index is 0.196. The Morgan fingerprint density at radius 2 is 1.70 bits per heavy atom. The second kappa shape index (κ2) is 7.84. The number of ether oxygens (including phenoxy) is 1. The van der Waals surface area contributed by atoms with Gasteiger partial charge in [-0.3, -0.25) is 0 Å². The van der Waals surface area contributed by atoms with Crippen molar-refractivity contribution in [3.05, 3.63) is 101 Å². The molecule has 0 atom stereocenters. The number of aromatic nitrogens is 1. The Morgan fingerprint density at radius 3 is 2.33 bits per heavy atom. The molecule has 0 saturated carbocycles. The number of benzene rings is 2. The molecule has 2 aromatic carbocycles. The van der Waals surface area contributed by atoms with Gasteiger partial charge in [-0.2, -0.15) is 13.2 Å². The minimum Gasteiger partial charge on any atom is -0.489 e. The molecule has 0 saturated heterocycles. The van der Waals surface area contributed by atoms with Gasteiger partial charge in [0.15, 0.2) is 0 Å². The van der Waals surface area contributed by atoms with Crippen LogP contribution in [0.5, 0.6) is 5.75 Å². The number of alkyl halides is 3. The first-order valence-corrected chi connectivity index (χ1v) is 8.41. The van der Waals surface area contributed by atoms with E-state index in [2.05, 4.69) is 11.6 Å². The smallest absolute Gasteiger partial charge is 0.416 e. The number of rotatable bonds is 5. The van der Waals surface area contributed by atoms with Gasteiger partial charge in [-0.25, -0.2) is 4.98 Å². The topological polar surface area (TPSA) is 22.1 Å². The van der Waals surface area contributed by atoms with Crippen molar-refractivity contribution >= 4 is 17.2 Å². The lowest BCUT2D eigenvalue weighted by atomic mass is 9.96. The minimum atomic E-state index is -4.37. The fourth-order valence-electron chi connectivity index (χ4n) is 2.55. The molecule has 6 heteroatoms. The first kappa shape index (κ1) is 19.0. The van der Waals surface area contributed by atoms with E-state index in [1.165, 1.54) is 12.1 Å². The number of pyridine rings is 1. The van der Waals surface area contributed by atoms with Gasteiger partial charge in [-0.05, 0) is 53.1 Å². The highest BCUT2D eigenvalue weighted by Gasteiger charge is 2.30. The molecule has 0 aliphatic rings. The summed E-state index contributed by atoms with van der Waals surface area (Å²) >= 11 is 5.82. The average Bonchev–Trinajstić information content (AvgIpc) is 2.66. The Morgan fingerprint density at radius 1 is 1.00 bits per heavy atom. The van der Waals surface area contributed by atoms with Crippen molar-refractivity contribution < 1.29 is 17.9 Å². The maximum absolute atomic E-state index is 12.6. The summed E-state index contributed by atoms with van der Waals surface area (Å²) < 4.78 is 43.6. The summed E-state index contributed by atoms with van der Waals surface area (Å²) in [6.07, 6.45) is -2.73. The zero-order chi connectivity index (χ0) is 19.4. The quantitative estimate of drug-likeness (QED) is 0.471. The van der Waals surface area contributed by atoms with Gasteiger partial charge in [0.25, 0.3) is 0 Å². The maximum Gasteiger partial charge on any atom is 0.416 e. The summed E-state index contributed by atoms with van der Waals surface area (Å²) in [5, 5.41) is 0.394. The molecule has 0 radical (unpaired) electrons. The van der Waals surface area contributed by atoms with E-state index in [-0.39, 0.29) is 6.61 Å². The van der Waals surface area contributed by atoms with Crippen molar-refractivity contribution in [2.75, 3.05) is 0 Å². The van der Waals surface area contributed by atoms with E-state index in [1.807, 2.05) is 30.3 Å². The van der Waals surface area contributed by atoms with Crippen LogP contribution >= 0.6 is 11.6 Å². The molecule has 0 aliphatic heterocycles. The third-order valence-electron chi connectivity index (χ3n) is 3.99. The predicted octanol–water partition coefficient (Wildman–Crippen LogP) is 6.39. The lowest BCUT2D eigenvalue weighted by Crippen LogP contribution is -2.05. The van der Waals surface area contributed by atoms with Crippen molar-refractivity contribution in [3.8, 4) is 5.75 Å². The van der Waals surface area contributed by atoms with Crippen LogP contribution in [0, 0.1) is 0 Å². The molecule has 27 heavy (non-hydrogen) atoms. The van der Waals surface area contributed by atoms with Gasteiger partial charge in [-0.15, -0.1) is 0 Å². The van der Waals surface area contributed by atoms with Crippen molar-refractivity contribution in [2.24, 2.45) is 0 Å². The van der Waals surface area contributed by atoms with E-state index in [0.29, 0.717) is 10.9 Å². The third kappa shape index (κ3) is 4.68. The molecular weight excluding hydrogens is 375 g/mol. The zero-order valence-corrected chi connectivity index (χ0v) is 14.9. The Bertz CT molecular complexity index is 935. The average molecular weight is 390 g/mol. The van der Waals surface area contributed by atoms with Crippen molar-refractivity contribution in [1.29, 1.82) is 0 Å². The monoisotopic (exact) mass is 389 g/mol. The predicted molar refractivity (Wildman–Crippen MR) is 99.6 cm³/mol. The summed E-state index contributed by atoms with van der Waals surface area (Å²) in [6.45, 7) is 4.31. The molecule has 0 spiro atoms.